The number of thiophene rings is 1. The Morgan fingerprint density at radius 1 is 1.00 bits per heavy atom. The Morgan fingerprint density at radius 2 is 1.73 bits per heavy atom. The lowest BCUT2D eigenvalue weighted by Crippen LogP contribution is -2.51. The van der Waals surface area contributed by atoms with Crippen molar-refractivity contribution in [1.82, 2.24) is 14.4 Å². The number of amides is 1. The van der Waals surface area contributed by atoms with Crippen molar-refractivity contribution >= 4 is 75.5 Å². The van der Waals surface area contributed by atoms with E-state index in [2.05, 4.69) is 27.4 Å². The van der Waals surface area contributed by atoms with Gasteiger partial charge in [0, 0.05) is 55.5 Å². The van der Waals surface area contributed by atoms with Crippen LogP contribution in [-0.2, 0) is 11.3 Å². The van der Waals surface area contributed by atoms with Gasteiger partial charge in [-0.15, -0.1) is 36.2 Å². The number of carbonyl (C=O) groups is 2. The SMILES string of the molecule is CCN1CCN(C(=O)CN2CCn3c(c(C4CCCCC4)c4sc(C(=O)O)cc43)-c3ccc(Cl)cc32)CC1.Cl.Cl. The molecule has 1 aliphatic carbocycles. The lowest BCUT2D eigenvalue weighted by atomic mass is 9.83. The van der Waals surface area contributed by atoms with E-state index in [0.29, 0.717) is 35.5 Å². The third-order valence-electron chi connectivity index (χ3n) is 8.64. The molecule has 0 bridgehead atoms. The fourth-order valence-corrected chi connectivity index (χ4v) is 7.89. The quantitative estimate of drug-likeness (QED) is 0.345. The lowest BCUT2D eigenvalue weighted by molar-refractivity contribution is -0.131. The van der Waals surface area contributed by atoms with Gasteiger partial charge in [0.05, 0.1) is 22.5 Å². The van der Waals surface area contributed by atoms with Crippen molar-refractivity contribution in [2.75, 3.05) is 50.7 Å². The number of nitrogens with zero attached hydrogens (tertiary/aromatic N) is 4. The first-order valence-corrected chi connectivity index (χ1v) is 15.1. The minimum Gasteiger partial charge on any atom is -0.477 e. The molecule has 0 radical (unpaired) electrons. The number of anilines is 1. The molecule has 11 heteroatoms. The van der Waals surface area contributed by atoms with Gasteiger partial charge in [-0.1, -0.05) is 37.8 Å². The van der Waals surface area contributed by atoms with Gasteiger partial charge < -0.3 is 24.4 Å². The molecule has 40 heavy (non-hydrogen) atoms. The van der Waals surface area contributed by atoms with Crippen LogP contribution < -0.4 is 4.90 Å². The van der Waals surface area contributed by atoms with Crippen LogP contribution in [-0.4, -0.2) is 77.2 Å². The van der Waals surface area contributed by atoms with E-state index in [0.717, 1.165) is 67.0 Å². The second kappa shape index (κ2) is 12.9. The molecule has 1 aromatic carbocycles. The van der Waals surface area contributed by atoms with E-state index in [4.69, 9.17) is 11.6 Å². The Bertz CT molecular complexity index is 1380. The summed E-state index contributed by atoms with van der Waals surface area (Å²) in [6.07, 6.45) is 5.92. The van der Waals surface area contributed by atoms with Crippen molar-refractivity contribution < 1.29 is 14.7 Å². The number of carbonyl (C=O) groups excluding carboxylic acids is 1. The van der Waals surface area contributed by atoms with E-state index < -0.39 is 5.97 Å². The number of hydrogen-bond donors (Lipinski definition) is 1. The maximum absolute atomic E-state index is 13.4. The molecule has 2 aliphatic heterocycles. The summed E-state index contributed by atoms with van der Waals surface area (Å²) in [4.78, 5) is 32.3. The summed E-state index contributed by atoms with van der Waals surface area (Å²) in [6, 6.07) is 7.89. The van der Waals surface area contributed by atoms with E-state index in [1.54, 1.807) is 0 Å². The molecule has 1 saturated carbocycles. The molecule has 218 valence electrons. The van der Waals surface area contributed by atoms with Crippen molar-refractivity contribution in [2.24, 2.45) is 0 Å². The van der Waals surface area contributed by atoms with Crippen molar-refractivity contribution in [1.29, 1.82) is 0 Å². The van der Waals surface area contributed by atoms with Crippen LogP contribution >= 0.6 is 47.8 Å². The maximum Gasteiger partial charge on any atom is 0.345 e. The molecule has 7 nitrogen and oxygen atoms in total. The number of carboxylic acids is 1. The van der Waals surface area contributed by atoms with E-state index in [1.807, 2.05) is 23.1 Å². The predicted octanol–water partition coefficient (Wildman–Crippen LogP) is 6.60. The first-order chi connectivity index (χ1) is 18.4. The molecular weight excluding hydrogens is 591 g/mol. The second-order valence-electron chi connectivity index (χ2n) is 10.8. The first-order valence-electron chi connectivity index (χ1n) is 13.9. The van der Waals surface area contributed by atoms with Gasteiger partial charge in [0.2, 0.25) is 5.91 Å². The van der Waals surface area contributed by atoms with Crippen LogP contribution in [0, 0.1) is 0 Å². The highest BCUT2D eigenvalue weighted by molar-refractivity contribution is 7.21. The largest absolute Gasteiger partial charge is 0.477 e. The Kier molecular flexibility index (Phi) is 9.99. The second-order valence-corrected chi connectivity index (χ2v) is 12.3. The fourth-order valence-electron chi connectivity index (χ4n) is 6.60. The first kappa shape index (κ1) is 31.0. The number of halogens is 3. The lowest BCUT2D eigenvalue weighted by Gasteiger charge is -2.35. The Hall–Kier alpha value is -1.97. The molecule has 1 amide bonds. The number of fused-ring (bicyclic) bond motifs is 5. The summed E-state index contributed by atoms with van der Waals surface area (Å²) in [5.74, 6) is -0.305. The minimum absolute atomic E-state index is 0. The standard InChI is InChI=1S/C29H35ClN4O3S.2ClH/c1-2-31-10-12-32(13-11-31)25(35)18-33-14-15-34-23-17-24(29(36)37)38-28(23)26(19-6-4-3-5-7-19)27(34)21-9-8-20(30)16-22(21)33;;/h8-9,16-17,19H,2-7,10-15,18H2,1H3,(H,36,37);2*1H. The van der Waals surface area contributed by atoms with Gasteiger partial charge >= 0.3 is 5.97 Å². The zero-order chi connectivity index (χ0) is 26.4. The molecular formula is C29H37Cl3N4O3S. The van der Waals surface area contributed by atoms with Crippen LogP contribution in [0.25, 0.3) is 21.5 Å². The topological polar surface area (TPSA) is 69.0 Å². The van der Waals surface area contributed by atoms with Crippen LogP contribution in [0.15, 0.2) is 24.3 Å². The van der Waals surface area contributed by atoms with Gasteiger partial charge in [-0.2, -0.15) is 0 Å². The average molecular weight is 628 g/mol. The molecule has 0 unspecified atom stereocenters. The van der Waals surface area contributed by atoms with Gasteiger partial charge in [-0.3, -0.25) is 4.79 Å². The van der Waals surface area contributed by atoms with E-state index in [-0.39, 0.29) is 30.7 Å². The van der Waals surface area contributed by atoms with Crippen molar-refractivity contribution in [2.45, 2.75) is 51.5 Å². The number of likely N-dealkylation sites (N-methyl/N-ethyl adjacent to an activating group) is 1. The summed E-state index contributed by atoms with van der Waals surface area (Å²) in [5.41, 5.74) is 5.58. The zero-order valence-corrected chi connectivity index (χ0v) is 25.9. The van der Waals surface area contributed by atoms with E-state index in [9.17, 15) is 14.7 Å². The molecule has 3 aliphatic rings. The number of aromatic carboxylic acids is 1. The molecule has 1 N–H and O–H groups in total. The Labute approximate surface area is 256 Å². The van der Waals surface area contributed by atoms with Crippen LogP contribution in [0.3, 0.4) is 0 Å². The highest BCUT2D eigenvalue weighted by atomic mass is 35.5. The number of benzene rings is 1. The molecule has 6 rings (SSSR count). The summed E-state index contributed by atoms with van der Waals surface area (Å²) in [6.45, 7) is 8.22. The zero-order valence-electron chi connectivity index (χ0n) is 22.7. The summed E-state index contributed by atoms with van der Waals surface area (Å²) >= 11 is 7.95. The monoisotopic (exact) mass is 626 g/mol. The average Bonchev–Trinajstić information content (AvgIpc) is 3.45. The Morgan fingerprint density at radius 3 is 2.40 bits per heavy atom. The van der Waals surface area contributed by atoms with Crippen LogP contribution in [0.4, 0.5) is 5.69 Å². The Balaban J connectivity index is 0.00000185. The number of hydrogen-bond acceptors (Lipinski definition) is 5. The van der Waals surface area contributed by atoms with Gasteiger partial charge in [0.15, 0.2) is 0 Å². The number of rotatable bonds is 5. The van der Waals surface area contributed by atoms with Gasteiger partial charge in [0.1, 0.15) is 4.88 Å². The molecule has 0 spiro atoms. The normalized spacial score (nSPS) is 17.9. The molecule has 2 aromatic heterocycles. The third-order valence-corrected chi connectivity index (χ3v) is 10.0. The van der Waals surface area contributed by atoms with Crippen LogP contribution in [0.2, 0.25) is 5.02 Å². The minimum atomic E-state index is -0.869. The van der Waals surface area contributed by atoms with Crippen molar-refractivity contribution in [3.05, 3.63) is 39.7 Å². The number of carboxylic acid groups (broad SMARTS) is 1. The number of aromatic nitrogens is 1. The highest BCUT2D eigenvalue weighted by Gasteiger charge is 2.33. The molecule has 2 fully saturated rings. The molecule has 0 atom stereocenters. The summed E-state index contributed by atoms with van der Waals surface area (Å²) in [5, 5.41) is 10.4. The number of piperazine rings is 1. The van der Waals surface area contributed by atoms with E-state index >= 15 is 0 Å². The van der Waals surface area contributed by atoms with Crippen LogP contribution in [0.1, 0.15) is 60.2 Å². The van der Waals surface area contributed by atoms with Crippen molar-refractivity contribution in [3.8, 4) is 11.3 Å². The van der Waals surface area contributed by atoms with Crippen LogP contribution in [0.5, 0.6) is 0 Å². The maximum atomic E-state index is 13.4. The van der Waals surface area contributed by atoms with Gasteiger partial charge in [-0.25, -0.2) is 4.79 Å². The van der Waals surface area contributed by atoms with Crippen molar-refractivity contribution in [3.63, 3.8) is 0 Å². The fraction of sp³-hybridized carbons (Fsp3) is 0.517. The molecule has 4 heterocycles. The predicted molar refractivity (Wildman–Crippen MR) is 168 cm³/mol. The van der Waals surface area contributed by atoms with Gasteiger partial charge in [0.25, 0.3) is 0 Å². The molecule has 3 aromatic rings. The summed E-state index contributed by atoms with van der Waals surface area (Å²) < 4.78 is 3.43. The third kappa shape index (κ3) is 5.71. The van der Waals surface area contributed by atoms with E-state index in [1.165, 1.54) is 41.9 Å². The highest BCUT2D eigenvalue weighted by Crippen LogP contribution is 2.49. The molecule has 1 saturated heterocycles. The van der Waals surface area contributed by atoms with Gasteiger partial charge in [-0.05, 0) is 55.1 Å². The smallest absolute Gasteiger partial charge is 0.345 e. The summed E-state index contributed by atoms with van der Waals surface area (Å²) in [7, 11) is 0.